The van der Waals surface area contributed by atoms with Gasteiger partial charge in [0, 0.05) is 12.1 Å². The third-order valence-corrected chi connectivity index (χ3v) is 2.60. The molecule has 94 valence electrons. The van der Waals surface area contributed by atoms with E-state index in [1.54, 1.807) is 6.08 Å². The van der Waals surface area contributed by atoms with Crippen molar-refractivity contribution < 1.29 is 13.2 Å². The lowest BCUT2D eigenvalue weighted by Crippen LogP contribution is -2.26. The zero-order chi connectivity index (χ0) is 13.1. The van der Waals surface area contributed by atoms with E-state index in [2.05, 4.69) is 11.9 Å². The second kappa shape index (κ2) is 5.36. The number of alkyl halides is 3. The van der Waals surface area contributed by atoms with Crippen molar-refractivity contribution in [2.45, 2.75) is 32.1 Å². The lowest BCUT2D eigenvalue weighted by Gasteiger charge is -2.18. The van der Waals surface area contributed by atoms with Crippen molar-refractivity contribution in [2.24, 2.45) is 0 Å². The summed E-state index contributed by atoms with van der Waals surface area (Å²) in [6, 6.07) is 5.31. The molecule has 0 aliphatic rings. The molecule has 0 saturated heterocycles. The Morgan fingerprint density at radius 1 is 1.18 bits per heavy atom. The molecule has 0 aliphatic heterocycles. The first kappa shape index (κ1) is 13.8. The molecule has 0 heterocycles. The smallest absolute Gasteiger partial charge is 0.304 e. The van der Waals surface area contributed by atoms with Crippen LogP contribution in [0.5, 0.6) is 0 Å². The molecule has 0 amide bonds. The Balaban J connectivity index is 2.77. The molecule has 0 radical (unpaired) electrons. The van der Waals surface area contributed by atoms with E-state index < -0.39 is 11.7 Å². The molecular weight excluding hydrogens is 227 g/mol. The normalized spacial score (nSPS) is 15.4. The van der Waals surface area contributed by atoms with E-state index in [1.165, 1.54) is 12.1 Å². The Hall–Kier alpha value is -1.29. The Labute approximate surface area is 99.3 Å². The summed E-state index contributed by atoms with van der Waals surface area (Å²) < 4.78 is 37.1. The van der Waals surface area contributed by atoms with Crippen LogP contribution >= 0.6 is 0 Å². The van der Waals surface area contributed by atoms with Crippen molar-refractivity contribution >= 4 is 0 Å². The third kappa shape index (κ3) is 3.89. The summed E-state index contributed by atoms with van der Waals surface area (Å²) in [5, 5.41) is 3.20. The lowest BCUT2D eigenvalue weighted by molar-refractivity contribution is -0.137. The number of benzene rings is 1. The first-order chi connectivity index (χ1) is 7.84. The van der Waals surface area contributed by atoms with Gasteiger partial charge < -0.3 is 5.32 Å². The van der Waals surface area contributed by atoms with Crippen molar-refractivity contribution in [3.8, 4) is 0 Å². The first-order valence-corrected chi connectivity index (χ1v) is 5.40. The fourth-order valence-corrected chi connectivity index (χ4v) is 1.52. The number of nitrogens with one attached hydrogen (secondary N) is 1. The highest BCUT2D eigenvalue weighted by Crippen LogP contribution is 2.29. The fourth-order valence-electron chi connectivity index (χ4n) is 1.52. The molecule has 17 heavy (non-hydrogen) atoms. The topological polar surface area (TPSA) is 12.0 Å². The molecule has 1 rings (SSSR count). The Morgan fingerprint density at radius 3 is 2.12 bits per heavy atom. The van der Waals surface area contributed by atoms with Gasteiger partial charge in [-0.3, -0.25) is 0 Å². The first-order valence-electron chi connectivity index (χ1n) is 5.40. The second-order valence-electron chi connectivity index (χ2n) is 4.03. The summed E-state index contributed by atoms with van der Waals surface area (Å²) in [6.07, 6.45) is -2.52. The predicted octanol–water partition coefficient (Wildman–Crippen LogP) is 3.93. The molecule has 4 heteroatoms. The summed E-state index contributed by atoms with van der Waals surface area (Å²) in [5.74, 6) is 0. The van der Waals surface area contributed by atoms with Crippen molar-refractivity contribution in [2.75, 3.05) is 0 Å². The van der Waals surface area contributed by atoms with Crippen molar-refractivity contribution in [1.29, 1.82) is 0 Å². The highest BCUT2D eigenvalue weighted by Gasteiger charge is 2.30. The molecule has 0 fully saturated rings. The van der Waals surface area contributed by atoms with Gasteiger partial charge in [-0.05, 0) is 31.5 Å². The zero-order valence-electron chi connectivity index (χ0n) is 9.88. The molecule has 2 atom stereocenters. The molecule has 2 unspecified atom stereocenters. The molecular formula is C13H16F3N. The molecule has 1 aromatic rings. The van der Waals surface area contributed by atoms with E-state index >= 15 is 0 Å². The predicted molar refractivity (Wildman–Crippen MR) is 62.7 cm³/mol. The van der Waals surface area contributed by atoms with Crippen LogP contribution in [0, 0.1) is 0 Å². The van der Waals surface area contributed by atoms with Gasteiger partial charge in [0.25, 0.3) is 0 Å². The minimum absolute atomic E-state index is 0.00900. The highest BCUT2D eigenvalue weighted by atomic mass is 19.4. The number of rotatable bonds is 4. The molecule has 0 aliphatic carbocycles. The van der Waals surface area contributed by atoms with Crippen molar-refractivity contribution in [3.05, 3.63) is 48.0 Å². The van der Waals surface area contributed by atoms with Crippen LogP contribution in [0.15, 0.2) is 36.9 Å². The Bertz CT molecular complexity index is 367. The quantitative estimate of drug-likeness (QED) is 0.790. The average Bonchev–Trinajstić information content (AvgIpc) is 2.27. The van der Waals surface area contributed by atoms with E-state index in [0.29, 0.717) is 0 Å². The van der Waals surface area contributed by atoms with Gasteiger partial charge in [-0.2, -0.15) is 13.2 Å². The highest BCUT2D eigenvalue weighted by molar-refractivity contribution is 5.26. The van der Waals surface area contributed by atoms with Gasteiger partial charge in [-0.1, -0.05) is 18.2 Å². The van der Waals surface area contributed by atoms with Crippen LogP contribution < -0.4 is 5.32 Å². The van der Waals surface area contributed by atoms with Crippen LogP contribution in [0.1, 0.15) is 31.0 Å². The molecule has 0 saturated carbocycles. The lowest BCUT2D eigenvalue weighted by atomic mass is 10.1. The summed E-state index contributed by atoms with van der Waals surface area (Å²) >= 11 is 0. The summed E-state index contributed by atoms with van der Waals surface area (Å²) in [5.41, 5.74) is 0.205. The zero-order valence-corrected chi connectivity index (χ0v) is 9.88. The molecule has 0 spiro atoms. The Kier molecular flexibility index (Phi) is 4.34. The minimum Gasteiger partial charge on any atom is -0.304 e. The number of hydrogen-bond donors (Lipinski definition) is 1. The van der Waals surface area contributed by atoms with Gasteiger partial charge in [0.2, 0.25) is 0 Å². The molecule has 0 bridgehead atoms. The second-order valence-corrected chi connectivity index (χ2v) is 4.03. The molecule has 1 N–H and O–H groups in total. The molecule has 1 aromatic carbocycles. The molecule has 0 aromatic heterocycles. The van der Waals surface area contributed by atoms with E-state index in [0.717, 1.165) is 17.7 Å². The van der Waals surface area contributed by atoms with E-state index in [4.69, 9.17) is 0 Å². The summed E-state index contributed by atoms with van der Waals surface area (Å²) in [4.78, 5) is 0. The number of hydrogen-bond acceptors (Lipinski definition) is 1. The van der Waals surface area contributed by atoms with Gasteiger partial charge in [0.1, 0.15) is 0 Å². The minimum atomic E-state index is -4.27. The monoisotopic (exact) mass is 243 g/mol. The number of halogens is 3. The standard InChI is InChI=1S/C13H16F3N/c1-4-9(2)17-10(3)11-5-7-12(8-6-11)13(14,15)16/h4-10,17H,1H2,2-3H3. The fraction of sp³-hybridized carbons (Fsp3) is 0.385. The largest absolute Gasteiger partial charge is 0.416 e. The van der Waals surface area contributed by atoms with Gasteiger partial charge in [0.05, 0.1) is 5.56 Å². The third-order valence-electron chi connectivity index (χ3n) is 2.60. The van der Waals surface area contributed by atoms with Crippen molar-refractivity contribution in [3.63, 3.8) is 0 Å². The van der Waals surface area contributed by atoms with Gasteiger partial charge >= 0.3 is 6.18 Å². The van der Waals surface area contributed by atoms with Crippen LogP contribution in [-0.2, 0) is 6.18 Å². The van der Waals surface area contributed by atoms with Crippen LogP contribution in [0.4, 0.5) is 13.2 Å². The Morgan fingerprint density at radius 2 is 1.71 bits per heavy atom. The van der Waals surface area contributed by atoms with Crippen LogP contribution in [0.3, 0.4) is 0 Å². The van der Waals surface area contributed by atoms with Crippen molar-refractivity contribution in [1.82, 2.24) is 5.32 Å². The van der Waals surface area contributed by atoms with E-state index in [1.807, 2.05) is 13.8 Å². The van der Waals surface area contributed by atoms with Gasteiger partial charge in [0.15, 0.2) is 0 Å². The summed E-state index contributed by atoms with van der Waals surface area (Å²) in [7, 11) is 0. The van der Waals surface area contributed by atoms with Gasteiger partial charge in [-0.25, -0.2) is 0 Å². The van der Waals surface area contributed by atoms with Gasteiger partial charge in [-0.15, -0.1) is 6.58 Å². The van der Waals surface area contributed by atoms with Crippen LogP contribution in [-0.4, -0.2) is 6.04 Å². The maximum atomic E-state index is 12.4. The van der Waals surface area contributed by atoms with Crippen LogP contribution in [0.2, 0.25) is 0 Å². The molecule has 1 nitrogen and oxygen atoms in total. The SMILES string of the molecule is C=CC(C)NC(C)c1ccc(C(F)(F)F)cc1. The average molecular weight is 243 g/mol. The maximum absolute atomic E-state index is 12.4. The van der Waals surface area contributed by atoms with Crippen LogP contribution in [0.25, 0.3) is 0 Å². The van der Waals surface area contributed by atoms with E-state index in [-0.39, 0.29) is 12.1 Å². The van der Waals surface area contributed by atoms with E-state index in [9.17, 15) is 13.2 Å². The maximum Gasteiger partial charge on any atom is 0.416 e. The summed E-state index contributed by atoms with van der Waals surface area (Å²) in [6.45, 7) is 7.49.